The zero-order valence-corrected chi connectivity index (χ0v) is 16.5. The number of carbonyl (C=O) groups is 4. The Morgan fingerprint density at radius 1 is 1.07 bits per heavy atom. The van der Waals surface area contributed by atoms with Crippen molar-refractivity contribution in [3.63, 3.8) is 0 Å². The zero-order chi connectivity index (χ0) is 21.6. The SMILES string of the molecule is CCCCCC(=O)Oc1ccc(N/C(C)=C2\C(=O)OC(=O)C(C(C)=O)=C2O)cc1. The van der Waals surface area contributed by atoms with E-state index in [1.807, 2.05) is 0 Å². The summed E-state index contributed by atoms with van der Waals surface area (Å²) in [6, 6.07) is 6.39. The minimum atomic E-state index is -1.18. The number of anilines is 1. The number of aliphatic hydroxyl groups excluding tert-OH is 1. The molecule has 0 saturated heterocycles. The molecule has 0 saturated carbocycles. The number of aliphatic hydroxyl groups is 1. The van der Waals surface area contributed by atoms with Crippen molar-refractivity contribution in [3.05, 3.63) is 46.9 Å². The maximum atomic E-state index is 12.0. The Morgan fingerprint density at radius 3 is 2.31 bits per heavy atom. The molecule has 8 nitrogen and oxygen atoms in total. The van der Waals surface area contributed by atoms with E-state index >= 15 is 0 Å². The van der Waals surface area contributed by atoms with Gasteiger partial charge in [0.25, 0.3) is 0 Å². The highest BCUT2D eigenvalue weighted by Crippen LogP contribution is 2.26. The van der Waals surface area contributed by atoms with E-state index < -0.39 is 29.1 Å². The minimum absolute atomic E-state index is 0.183. The molecule has 154 valence electrons. The topological polar surface area (TPSA) is 119 Å². The first kappa shape index (κ1) is 21.9. The van der Waals surface area contributed by atoms with Gasteiger partial charge in [0.15, 0.2) is 5.78 Å². The molecular weight excluding hydrogens is 378 g/mol. The van der Waals surface area contributed by atoms with E-state index in [0.29, 0.717) is 17.9 Å². The highest BCUT2D eigenvalue weighted by atomic mass is 16.6. The van der Waals surface area contributed by atoms with Gasteiger partial charge < -0.3 is 19.9 Å². The number of hydrogen-bond donors (Lipinski definition) is 2. The average molecular weight is 401 g/mol. The van der Waals surface area contributed by atoms with Crippen molar-refractivity contribution in [2.45, 2.75) is 46.5 Å². The molecule has 0 aromatic heterocycles. The van der Waals surface area contributed by atoms with Crippen LogP contribution in [0.15, 0.2) is 46.9 Å². The minimum Gasteiger partial charge on any atom is -0.506 e. The number of benzene rings is 1. The predicted octanol–water partition coefficient (Wildman–Crippen LogP) is 3.34. The standard InChI is InChI=1S/C21H23NO7/c1-4-5-6-7-16(24)28-15-10-8-14(9-11-15)22-12(2)17-19(25)18(13(3)23)21(27)29-20(17)26/h8-11,22,25H,4-7H2,1-3H3/b17-12-. The van der Waals surface area contributed by atoms with Crippen molar-refractivity contribution in [1.82, 2.24) is 0 Å². The van der Waals surface area contributed by atoms with Gasteiger partial charge in [-0.1, -0.05) is 19.8 Å². The van der Waals surface area contributed by atoms with Crippen LogP contribution in [-0.2, 0) is 23.9 Å². The van der Waals surface area contributed by atoms with Crippen LogP contribution in [0.3, 0.4) is 0 Å². The molecule has 0 spiro atoms. The van der Waals surface area contributed by atoms with Gasteiger partial charge in [0.1, 0.15) is 22.7 Å². The normalized spacial score (nSPS) is 15.7. The maximum absolute atomic E-state index is 12.0. The largest absolute Gasteiger partial charge is 0.506 e. The number of ketones is 1. The molecule has 29 heavy (non-hydrogen) atoms. The third-order valence-corrected chi connectivity index (χ3v) is 4.20. The van der Waals surface area contributed by atoms with Crippen LogP contribution in [0.4, 0.5) is 5.69 Å². The van der Waals surface area contributed by atoms with Crippen LogP contribution in [0.2, 0.25) is 0 Å². The number of unbranched alkanes of at least 4 members (excludes halogenated alkanes) is 2. The van der Waals surface area contributed by atoms with E-state index in [1.165, 1.54) is 6.92 Å². The van der Waals surface area contributed by atoms with Crippen molar-refractivity contribution >= 4 is 29.4 Å². The van der Waals surface area contributed by atoms with Gasteiger partial charge in [0.05, 0.1) is 0 Å². The summed E-state index contributed by atoms with van der Waals surface area (Å²) in [5, 5.41) is 13.1. The molecule has 0 unspecified atom stereocenters. The third kappa shape index (κ3) is 5.54. The second kappa shape index (κ2) is 9.68. The number of ether oxygens (including phenoxy) is 2. The van der Waals surface area contributed by atoms with E-state index in [1.54, 1.807) is 24.3 Å². The van der Waals surface area contributed by atoms with Crippen LogP contribution >= 0.6 is 0 Å². The summed E-state index contributed by atoms with van der Waals surface area (Å²) in [6.45, 7) is 4.63. The number of cyclic esters (lactones) is 2. The molecule has 1 aromatic carbocycles. The van der Waals surface area contributed by atoms with Gasteiger partial charge in [0, 0.05) is 17.8 Å². The lowest BCUT2D eigenvalue weighted by molar-refractivity contribution is -0.155. The molecule has 0 aliphatic carbocycles. The summed E-state index contributed by atoms with van der Waals surface area (Å²) in [5.41, 5.74) is -0.168. The first-order valence-corrected chi connectivity index (χ1v) is 9.24. The Bertz CT molecular complexity index is 894. The van der Waals surface area contributed by atoms with Crippen LogP contribution in [0, 0.1) is 0 Å². The van der Waals surface area contributed by atoms with Crippen LogP contribution in [0.1, 0.15) is 46.5 Å². The van der Waals surface area contributed by atoms with Gasteiger partial charge in [-0.3, -0.25) is 9.59 Å². The van der Waals surface area contributed by atoms with E-state index in [0.717, 1.165) is 26.2 Å². The Morgan fingerprint density at radius 2 is 1.72 bits per heavy atom. The molecule has 8 heteroatoms. The molecule has 0 radical (unpaired) electrons. The summed E-state index contributed by atoms with van der Waals surface area (Å²) in [4.78, 5) is 46.9. The number of allylic oxidation sites excluding steroid dienone is 1. The fourth-order valence-corrected chi connectivity index (χ4v) is 2.73. The summed E-state index contributed by atoms with van der Waals surface area (Å²) < 4.78 is 9.78. The predicted molar refractivity (Wildman–Crippen MR) is 104 cm³/mol. The quantitative estimate of drug-likeness (QED) is 0.170. The summed E-state index contributed by atoms with van der Waals surface area (Å²) in [7, 11) is 0. The zero-order valence-electron chi connectivity index (χ0n) is 16.5. The van der Waals surface area contributed by atoms with Crippen molar-refractivity contribution < 1.29 is 33.8 Å². The van der Waals surface area contributed by atoms with Gasteiger partial charge in [-0.05, 0) is 44.5 Å². The maximum Gasteiger partial charge on any atom is 0.353 e. The lowest BCUT2D eigenvalue weighted by Crippen LogP contribution is -2.29. The summed E-state index contributed by atoms with van der Waals surface area (Å²) in [5.74, 6) is -3.59. The fraction of sp³-hybridized carbons (Fsp3) is 0.333. The van der Waals surface area contributed by atoms with Crippen molar-refractivity contribution in [3.8, 4) is 5.75 Å². The van der Waals surface area contributed by atoms with Gasteiger partial charge in [0.2, 0.25) is 0 Å². The number of esters is 3. The van der Waals surface area contributed by atoms with E-state index in [4.69, 9.17) is 4.74 Å². The molecule has 1 aliphatic rings. The van der Waals surface area contributed by atoms with Crippen molar-refractivity contribution in [1.29, 1.82) is 0 Å². The molecule has 0 fully saturated rings. The van der Waals surface area contributed by atoms with Crippen LogP contribution in [0.25, 0.3) is 0 Å². The van der Waals surface area contributed by atoms with Crippen molar-refractivity contribution in [2.24, 2.45) is 0 Å². The van der Waals surface area contributed by atoms with E-state index in [-0.39, 0.29) is 17.2 Å². The molecule has 1 aliphatic heterocycles. The molecule has 1 heterocycles. The summed E-state index contributed by atoms with van der Waals surface area (Å²) >= 11 is 0. The van der Waals surface area contributed by atoms with E-state index in [9.17, 15) is 24.3 Å². The second-order valence-corrected chi connectivity index (χ2v) is 6.54. The number of rotatable bonds is 8. The Kier molecular flexibility index (Phi) is 7.30. The van der Waals surface area contributed by atoms with Crippen LogP contribution in [0.5, 0.6) is 5.75 Å². The molecule has 2 N–H and O–H groups in total. The fourth-order valence-electron chi connectivity index (χ4n) is 2.73. The highest BCUT2D eigenvalue weighted by molar-refractivity contribution is 6.23. The van der Waals surface area contributed by atoms with Gasteiger partial charge in [-0.25, -0.2) is 9.59 Å². The van der Waals surface area contributed by atoms with Crippen LogP contribution in [-0.4, -0.2) is 28.8 Å². The Hall–Kier alpha value is -3.42. The monoisotopic (exact) mass is 401 g/mol. The van der Waals surface area contributed by atoms with Gasteiger partial charge in [-0.15, -0.1) is 0 Å². The molecule has 0 bridgehead atoms. The van der Waals surface area contributed by atoms with Crippen LogP contribution < -0.4 is 10.1 Å². The molecule has 0 amide bonds. The van der Waals surface area contributed by atoms with E-state index in [2.05, 4.69) is 17.0 Å². The highest BCUT2D eigenvalue weighted by Gasteiger charge is 2.36. The molecule has 1 aromatic rings. The number of nitrogens with one attached hydrogen (secondary N) is 1. The molecule has 2 rings (SSSR count). The number of carbonyl (C=O) groups excluding carboxylic acids is 4. The first-order valence-electron chi connectivity index (χ1n) is 9.24. The smallest absolute Gasteiger partial charge is 0.353 e. The Balaban J connectivity index is 2.14. The molecular formula is C21H23NO7. The second-order valence-electron chi connectivity index (χ2n) is 6.54. The molecule has 0 atom stereocenters. The Labute approximate surface area is 168 Å². The third-order valence-electron chi connectivity index (χ3n) is 4.20. The lowest BCUT2D eigenvalue weighted by Gasteiger charge is -2.18. The lowest BCUT2D eigenvalue weighted by atomic mass is 10.0. The number of hydrogen-bond acceptors (Lipinski definition) is 8. The number of Topliss-reactive ketones (excluding diaryl/α,β-unsaturated/α-hetero) is 1. The first-order chi connectivity index (χ1) is 13.7. The van der Waals surface area contributed by atoms with Gasteiger partial charge >= 0.3 is 17.9 Å². The average Bonchev–Trinajstić information content (AvgIpc) is 2.62. The van der Waals surface area contributed by atoms with Crippen molar-refractivity contribution in [2.75, 3.05) is 5.32 Å². The summed E-state index contributed by atoms with van der Waals surface area (Å²) in [6.07, 6.45) is 3.11. The van der Waals surface area contributed by atoms with Gasteiger partial charge in [-0.2, -0.15) is 0 Å².